The summed E-state index contributed by atoms with van der Waals surface area (Å²) in [6.07, 6.45) is -2.77. The molecule has 2 rings (SSSR count). The van der Waals surface area contributed by atoms with Gasteiger partial charge in [0.15, 0.2) is 6.10 Å². The van der Waals surface area contributed by atoms with E-state index in [1.807, 2.05) is 6.07 Å². The van der Waals surface area contributed by atoms with E-state index in [2.05, 4.69) is 0 Å². The molecule has 0 aliphatic carbocycles. The Balaban J connectivity index is 2.12. The summed E-state index contributed by atoms with van der Waals surface area (Å²) in [7, 11) is 1.49. The van der Waals surface area contributed by atoms with Crippen molar-refractivity contribution in [3.8, 4) is 0 Å². The van der Waals surface area contributed by atoms with Gasteiger partial charge in [-0.1, -0.05) is 18.2 Å². The van der Waals surface area contributed by atoms with Gasteiger partial charge in [0, 0.05) is 7.11 Å². The molecule has 1 aromatic carbocycles. The lowest BCUT2D eigenvalue weighted by Gasteiger charge is -2.41. The zero-order valence-corrected chi connectivity index (χ0v) is 11.9. The van der Waals surface area contributed by atoms with Crippen LogP contribution in [0.4, 0.5) is 0 Å². The molecule has 0 radical (unpaired) electrons. The van der Waals surface area contributed by atoms with Crippen LogP contribution in [0.1, 0.15) is 24.2 Å². The van der Waals surface area contributed by atoms with E-state index in [1.165, 1.54) is 7.11 Å². The maximum atomic E-state index is 12.1. The van der Waals surface area contributed by atoms with Gasteiger partial charge in [0.2, 0.25) is 0 Å². The van der Waals surface area contributed by atoms with Crippen LogP contribution in [0.3, 0.4) is 0 Å². The van der Waals surface area contributed by atoms with Gasteiger partial charge in [-0.25, -0.2) is 4.79 Å². The van der Waals surface area contributed by atoms with Gasteiger partial charge in [0.1, 0.15) is 12.2 Å². The molecule has 1 aliphatic rings. The fourth-order valence-electron chi connectivity index (χ4n) is 2.43. The van der Waals surface area contributed by atoms with E-state index >= 15 is 0 Å². The Bertz CT molecular complexity index is 447. The number of hydrogen-bond acceptors (Lipinski definition) is 5. The number of methoxy groups -OCH3 is 1. The number of ether oxygens (including phenoxy) is 3. The summed E-state index contributed by atoms with van der Waals surface area (Å²) in [5.74, 6) is -0.449. The van der Waals surface area contributed by atoms with E-state index in [1.54, 1.807) is 38.1 Å². The molecule has 1 N–H and O–H groups in total. The van der Waals surface area contributed by atoms with Gasteiger partial charge < -0.3 is 19.3 Å². The van der Waals surface area contributed by atoms with E-state index in [0.717, 1.165) is 0 Å². The van der Waals surface area contributed by atoms with Crippen LogP contribution in [-0.2, 0) is 14.2 Å². The number of hydrogen-bond donors (Lipinski definition) is 1. The Morgan fingerprint density at radius 1 is 1.15 bits per heavy atom. The van der Waals surface area contributed by atoms with E-state index in [9.17, 15) is 9.90 Å². The second kappa shape index (κ2) is 6.35. The van der Waals surface area contributed by atoms with Crippen LogP contribution < -0.4 is 0 Å². The molecular formula is C15H20O5. The summed E-state index contributed by atoms with van der Waals surface area (Å²) >= 11 is 0. The molecule has 5 unspecified atom stereocenters. The van der Waals surface area contributed by atoms with Gasteiger partial charge in [-0.05, 0) is 26.0 Å². The van der Waals surface area contributed by atoms with Crippen molar-refractivity contribution in [3.05, 3.63) is 35.9 Å². The first-order chi connectivity index (χ1) is 9.54. The Kier molecular flexibility index (Phi) is 4.75. The molecule has 0 spiro atoms. The van der Waals surface area contributed by atoms with Crippen LogP contribution in [0.5, 0.6) is 0 Å². The highest BCUT2D eigenvalue weighted by atomic mass is 16.6. The topological polar surface area (TPSA) is 65.0 Å². The lowest BCUT2D eigenvalue weighted by atomic mass is 9.96. The molecular weight excluding hydrogens is 260 g/mol. The number of esters is 1. The number of aliphatic hydroxyl groups excluding tert-OH is 1. The van der Waals surface area contributed by atoms with Crippen LogP contribution in [0.15, 0.2) is 30.3 Å². The second-order valence-corrected chi connectivity index (χ2v) is 4.97. The molecule has 5 atom stereocenters. The van der Waals surface area contributed by atoms with Crippen LogP contribution >= 0.6 is 0 Å². The second-order valence-electron chi connectivity index (χ2n) is 4.97. The molecule has 1 aromatic rings. The fraction of sp³-hybridized carbons (Fsp3) is 0.533. The average Bonchev–Trinajstić information content (AvgIpc) is 2.46. The standard InChI is InChI=1S/C15H20O5/c1-9-12(16)14(18-3)13(10(2)19-9)20-15(17)11-7-5-4-6-8-11/h4-10,12-14,16H,1-3H3. The van der Waals surface area contributed by atoms with Crippen molar-refractivity contribution in [2.75, 3.05) is 7.11 Å². The minimum absolute atomic E-state index is 0.342. The molecule has 1 heterocycles. The van der Waals surface area contributed by atoms with E-state index < -0.39 is 24.3 Å². The molecule has 5 heteroatoms. The fourth-order valence-corrected chi connectivity index (χ4v) is 2.43. The number of benzene rings is 1. The maximum absolute atomic E-state index is 12.1. The van der Waals surface area contributed by atoms with Crippen molar-refractivity contribution in [1.29, 1.82) is 0 Å². The van der Waals surface area contributed by atoms with Gasteiger partial charge in [-0.3, -0.25) is 0 Å². The minimum atomic E-state index is -0.829. The predicted molar refractivity (Wildman–Crippen MR) is 72.5 cm³/mol. The molecule has 1 saturated heterocycles. The molecule has 0 amide bonds. The summed E-state index contributed by atoms with van der Waals surface area (Å²) in [5, 5.41) is 10.1. The molecule has 20 heavy (non-hydrogen) atoms. The van der Waals surface area contributed by atoms with Crippen molar-refractivity contribution in [2.45, 2.75) is 44.4 Å². The highest BCUT2D eigenvalue weighted by Gasteiger charge is 2.44. The first kappa shape index (κ1) is 15.0. The van der Waals surface area contributed by atoms with Crippen LogP contribution in [0, 0.1) is 0 Å². The first-order valence-corrected chi connectivity index (χ1v) is 6.67. The van der Waals surface area contributed by atoms with Crippen molar-refractivity contribution in [1.82, 2.24) is 0 Å². The summed E-state index contributed by atoms with van der Waals surface area (Å²) in [6.45, 7) is 3.57. The lowest BCUT2D eigenvalue weighted by molar-refractivity contribution is -0.219. The van der Waals surface area contributed by atoms with Crippen molar-refractivity contribution in [3.63, 3.8) is 0 Å². The zero-order valence-electron chi connectivity index (χ0n) is 11.9. The molecule has 1 aliphatic heterocycles. The molecule has 0 saturated carbocycles. The normalized spacial score (nSPS) is 33.7. The number of rotatable bonds is 3. The van der Waals surface area contributed by atoms with E-state index in [0.29, 0.717) is 5.56 Å². The van der Waals surface area contributed by atoms with Gasteiger partial charge in [-0.15, -0.1) is 0 Å². The quantitative estimate of drug-likeness (QED) is 0.848. The number of carbonyl (C=O) groups excluding carboxylic acids is 1. The summed E-state index contributed by atoms with van der Waals surface area (Å²) in [6, 6.07) is 8.71. The summed E-state index contributed by atoms with van der Waals surface area (Å²) < 4.78 is 16.3. The molecule has 0 bridgehead atoms. The number of carbonyl (C=O) groups is 1. The first-order valence-electron chi connectivity index (χ1n) is 6.67. The third-order valence-electron chi connectivity index (χ3n) is 3.56. The Morgan fingerprint density at radius 3 is 2.40 bits per heavy atom. The maximum Gasteiger partial charge on any atom is 0.338 e. The summed E-state index contributed by atoms with van der Waals surface area (Å²) in [4.78, 5) is 12.1. The Hall–Kier alpha value is -1.43. The molecule has 5 nitrogen and oxygen atoms in total. The smallest absolute Gasteiger partial charge is 0.338 e. The Morgan fingerprint density at radius 2 is 1.80 bits per heavy atom. The average molecular weight is 280 g/mol. The third kappa shape index (κ3) is 3.00. The van der Waals surface area contributed by atoms with E-state index in [-0.39, 0.29) is 12.2 Å². The van der Waals surface area contributed by atoms with Gasteiger partial charge >= 0.3 is 5.97 Å². The van der Waals surface area contributed by atoms with Crippen molar-refractivity contribution < 1.29 is 24.1 Å². The van der Waals surface area contributed by atoms with Gasteiger partial charge in [0.25, 0.3) is 0 Å². The predicted octanol–water partition coefficient (Wildman–Crippen LogP) is 1.40. The lowest BCUT2D eigenvalue weighted by Crippen LogP contribution is -2.57. The monoisotopic (exact) mass is 280 g/mol. The van der Waals surface area contributed by atoms with Crippen molar-refractivity contribution in [2.24, 2.45) is 0 Å². The van der Waals surface area contributed by atoms with Gasteiger partial charge in [0.05, 0.1) is 17.8 Å². The zero-order chi connectivity index (χ0) is 14.7. The van der Waals surface area contributed by atoms with Gasteiger partial charge in [-0.2, -0.15) is 0 Å². The molecule has 110 valence electrons. The highest BCUT2D eigenvalue weighted by molar-refractivity contribution is 5.89. The SMILES string of the molecule is COC1C(O)C(C)OC(C)C1OC(=O)c1ccccc1. The molecule has 1 fully saturated rings. The largest absolute Gasteiger partial charge is 0.453 e. The molecule has 0 aromatic heterocycles. The summed E-state index contributed by atoms with van der Waals surface area (Å²) in [5.41, 5.74) is 0.461. The Labute approximate surface area is 118 Å². The third-order valence-corrected chi connectivity index (χ3v) is 3.56. The van der Waals surface area contributed by atoms with Crippen molar-refractivity contribution >= 4 is 5.97 Å². The van der Waals surface area contributed by atoms with Crippen LogP contribution in [-0.4, -0.2) is 48.7 Å². The number of aliphatic hydroxyl groups is 1. The van der Waals surface area contributed by atoms with Crippen LogP contribution in [0.2, 0.25) is 0 Å². The van der Waals surface area contributed by atoms with Crippen LogP contribution in [0.25, 0.3) is 0 Å². The van der Waals surface area contributed by atoms with E-state index in [4.69, 9.17) is 14.2 Å². The highest BCUT2D eigenvalue weighted by Crippen LogP contribution is 2.25. The minimum Gasteiger partial charge on any atom is -0.453 e.